The van der Waals surface area contributed by atoms with Crippen LogP contribution in [0.2, 0.25) is 0 Å². The van der Waals surface area contributed by atoms with E-state index in [1.54, 1.807) is 0 Å². The quantitative estimate of drug-likeness (QED) is 0.221. The van der Waals surface area contributed by atoms with Gasteiger partial charge in [0, 0.05) is 43.7 Å². The van der Waals surface area contributed by atoms with Gasteiger partial charge in [0.15, 0.2) is 0 Å². The molecule has 4 nitrogen and oxygen atoms in total. The molecular formula is C36H21N2O2-. The van der Waals surface area contributed by atoms with E-state index in [9.17, 15) is 5.21 Å². The van der Waals surface area contributed by atoms with Crippen LogP contribution < -0.4 is 5.06 Å². The summed E-state index contributed by atoms with van der Waals surface area (Å²) in [7, 11) is 0. The lowest BCUT2D eigenvalue weighted by molar-refractivity contribution is 0.669. The third kappa shape index (κ3) is 2.88. The zero-order chi connectivity index (χ0) is 26.4. The SMILES string of the molecule is [O-]N(c1ccc(-c2ccc3c(c2)oc2ccccc23)cc1)c1ccc2c(c1)c1cccc3c4ccccc4n2c31. The normalized spacial score (nSPS) is 12.1. The number of anilines is 2. The van der Waals surface area contributed by atoms with E-state index in [0.717, 1.165) is 54.4 Å². The molecular weight excluding hydrogens is 492 g/mol. The molecule has 0 aliphatic rings. The van der Waals surface area contributed by atoms with Gasteiger partial charge in [-0.1, -0.05) is 72.8 Å². The van der Waals surface area contributed by atoms with Gasteiger partial charge < -0.3 is 19.1 Å². The maximum Gasteiger partial charge on any atom is 0.136 e. The van der Waals surface area contributed by atoms with Crippen molar-refractivity contribution in [2.45, 2.75) is 0 Å². The van der Waals surface area contributed by atoms with Crippen LogP contribution in [0.25, 0.3) is 71.2 Å². The molecule has 0 radical (unpaired) electrons. The van der Waals surface area contributed by atoms with Crippen molar-refractivity contribution in [2.24, 2.45) is 0 Å². The summed E-state index contributed by atoms with van der Waals surface area (Å²) >= 11 is 0. The zero-order valence-corrected chi connectivity index (χ0v) is 21.3. The van der Waals surface area contributed by atoms with Crippen molar-refractivity contribution in [3.8, 4) is 11.1 Å². The topological polar surface area (TPSA) is 43.8 Å². The van der Waals surface area contributed by atoms with E-state index < -0.39 is 0 Å². The van der Waals surface area contributed by atoms with Gasteiger partial charge in [-0.05, 0) is 65.7 Å². The lowest BCUT2D eigenvalue weighted by Gasteiger charge is -2.31. The van der Waals surface area contributed by atoms with Gasteiger partial charge in [0.25, 0.3) is 0 Å². The number of hydrogen-bond acceptors (Lipinski definition) is 3. The van der Waals surface area contributed by atoms with E-state index in [2.05, 4.69) is 77.2 Å². The summed E-state index contributed by atoms with van der Waals surface area (Å²) in [4.78, 5) is 0. The molecule has 188 valence electrons. The van der Waals surface area contributed by atoms with E-state index in [4.69, 9.17) is 4.42 Å². The van der Waals surface area contributed by atoms with Gasteiger partial charge in [-0.25, -0.2) is 0 Å². The third-order valence-corrected chi connectivity index (χ3v) is 8.25. The molecule has 3 heterocycles. The van der Waals surface area contributed by atoms with Crippen LogP contribution in [0.1, 0.15) is 0 Å². The largest absolute Gasteiger partial charge is 0.754 e. The number of nitrogens with zero attached hydrogens (tertiary/aromatic N) is 2. The van der Waals surface area contributed by atoms with Crippen LogP contribution in [-0.4, -0.2) is 4.40 Å². The summed E-state index contributed by atoms with van der Waals surface area (Å²) < 4.78 is 8.39. The number of para-hydroxylation sites is 3. The highest BCUT2D eigenvalue weighted by atomic mass is 16.5. The smallest absolute Gasteiger partial charge is 0.136 e. The Morgan fingerprint density at radius 2 is 1.12 bits per heavy atom. The first-order chi connectivity index (χ1) is 19.7. The summed E-state index contributed by atoms with van der Waals surface area (Å²) in [6, 6.07) is 43.1. The average molecular weight is 514 g/mol. The van der Waals surface area contributed by atoms with Crippen LogP contribution >= 0.6 is 0 Å². The van der Waals surface area contributed by atoms with Crippen molar-refractivity contribution >= 4 is 71.4 Å². The fourth-order valence-corrected chi connectivity index (χ4v) is 6.39. The lowest BCUT2D eigenvalue weighted by Crippen LogP contribution is -2.06. The Morgan fingerprint density at radius 3 is 2.00 bits per heavy atom. The predicted molar refractivity (Wildman–Crippen MR) is 166 cm³/mol. The second-order valence-electron chi connectivity index (χ2n) is 10.4. The lowest BCUT2D eigenvalue weighted by atomic mass is 10.0. The molecule has 0 aliphatic carbocycles. The van der Waals surface area contributed by atoms with Crippen molar-refractivity contribution in [1.82, 2.24) is 4.40 Å². The molecule has 0 bridgehead atoms. The molecule has 0 fully saturated rings. The van der Waals surface area contributed by atoms with E-state index in [0.29, 0.717) is 11.4 Å². The molecule has 4 heteroatoms. The Hall–Kier alpha value is -5.32. The molecule has 0 unspecified atom stereocenters. The molecule has 0 spiro atoms. The molecule has 6 aromatic carbocycles. The van der Waals surface area contributed by atoms with Gasteiger partial charge in [0.1, 0.15) is 11.2 Å². The molecule has 0 saturated carbocycles. The Bertz CT molecular complexity index is 2400. The monoisotopic (exact) mass is 513 g/mol. The van der Waals surface area contributed by atoms with Crippen molar-refractivity contribution in [2.75, 3.05) is 5.06 Å². The first-order valence-electron chi connectivity index (χ1n) is 13.4. The molecule has 3 aromatic heterocycles. The Labute approximate surface area is 228 Å². The van der Waals surface area contributed by atoms with E-state index >= 15 is 0 Å². The molecule has 9 rings (SSSR count). The summed E-state index contributed by atoms with van der Waals surface area (Å²) in [5, 5.41) is 21.5. The fraction of sp³-hybridized carbons (Fsp3) is 0. The van der Waals surface area contributed by atoms with Gasteiger partial charge in [0.2, 0.25) is 0 Å². The number of benzene rings is 6. The zero-order valence-electron chi connectivity index (χ0n) is 21.3. The van der Waals surface area contributed by atoms with Crippen LogP contribution in [-0.2, 0) is 0 Å². The maximum absolute atomic E-state index is 13.5. The average Bonchev–Trinajstić information content (AvgIpc) is 3.67. The van der Waals surface area contributed by atoms with E-state index in [1.165, 1.54) is 21.8 Å². The van der Waals surface area contributed by atoms with Gasteiger partial charge >= 0.3 is 0 Å². The minimum Gasteiger partial charge on any atom is -0.754 e. The van der Waals surface area contributed by atoms with E-state index in [1.807, 2.05) is 54.6 Å². The second kappa shape index (κ2) is 7.85. The third-order valence-electron chi connectivity index (χ3n) is 8.25. The molecule has 9 aromatic rings. The summed E-state index contributed by atoms with van der Waals surface area (Å²) in [6.07, 6.45) is 0. The summed E-state index contributed by atoms with van der Waals surface area (Å²) in [5.74, 6) is 0. The summed E-state index contributed by atoms with van der Waals surface area (Å²) in [5.41, 5.74) is 8.55. The van der Waals surface area contributed by atoms with Crippen molar-refractivity contribution in [3.63, 3.8) is 0 Å². The standard InChI is InChI=1S/C36H21N2O2/c39-38(24-15-12-22(13-16-24)23-14-18-28-27-7-2-4-11-34(27)40-35(28)20-23)25-17-19-33-31(21-25)30-9-5-8-29-26-6-1-3-10-32(26)37(33)36(29)30/h1-21H/q-1. The molecule has 0 N–H and O–H groups in total. The van der Waals surface area contributed by atoms with Gasteiger partial charge in [-0.15, -0.1) is 0 Å². The summed E-state index contributed by atoms with van der Waals surface area (Å²) in [6.45, 7) is 0. The second-order valence-corrected chi connectivity index (χ2v) is 10.4. The molecule has 0 aliphatic heterocycles. The number of furan rings is 1. The fourth-order valence-electron chi connectivity index (χ4n) is 6.39. The van der Waals surface area contributed by atoms with Gasteiger partial charge in [-0.3, -0.25) is 0 Å². The first-order valence-corrected chi connectivity index (χ1v) is 13.4. The van der Waals surface area contributed by atoms with E-state index in [-0.39, 0.29) is 0 Å². The highest BCUT2D eigenvalue weighted by molar-refractivity contribution is 6.23. The number of fused-ring (bicyclic) bond motifs is 9. The first kappa shape index (κ1) is 21.6. The highest BCUT2D eigenvalue weighted by Crippen LogP contribution is 2.41. The Kier molecular flexibility index (Phi) is 4.24. The molecule has 0 saturated heterocycles. The number of hydrogen-bond donors (Lipinski definition) is 0. The van der Waals surface area contributed by atoms with Crippen LogP contribution in [0.5, 0.6) is 0 Å². The molecule has 0 amide bonds. The molecule has 40 heavy (non-hydrogen) atoms. The van der Waals surface area contributed by atoms with Crippen LogP contribution in [0.3, 0.4) is 0 Å². The minimum atomic E-state index is 0.592. The van der Waals surface area contributed by atoms with Gasteiger partial charge in [0.05, 0.1) is 16.6 Å². The van der Waals surface area contributed by atoms with Gasteiger partial charge in [-0.2, -0.15) is 0 Å². The maximum atomic E-state index is 13.5. The minimum absolute atomic E-state index is 0.592. The Morgan fingerprint density at radius 1 is 0.475 bits per heavy atom. The number of rotatable bonds is 3. The van der Waals surface area contributed by atoms with Crippen molar-refractivity contribution < 1.29 is 4.42 Å². The van der Waals surface area contributed by atoms with Crippen LogP contribution in [0.4, 0.5) is 11.4 Å². The Balaban J connectivity index is 1.10. The highest BCUT2D eigenvalue weighted by Gasteiger charge is 2.17. The van der Waals surface area contributed by atoms with Crippen molar-refractivity contribution in [1.29, 1.82) is 0 Å². The van der Waals surface area contributed by atoms with Crippen molar-refractivity contribution in [3.05, 3.63) is 133 Å². The predicted octanol–water partition coefficient (Wildman–Crippen LogP) is 10.0. The van der Waals surface area contributed by atoms with Crippen LogP contribution in [0, 0.1) is 5.21 Å². The van der Waals surface area contributed by atoms with Crippen LogP contribution in [0.15, 0.2) is 132 Å². The number of aromatic nitrogens is 1. The molecule has 0 atom stereocenters.